The first-order valence-electron chi connectivity index (χ1n) is 6.01. The van der Waals surface area contributed by atoms with Crippen LogP contribution in [0.15, 0.2) is 17.5 Å². The van der Waals surface area contributed by atoms with Crippen LogP contribution in [0.2, 0.25) is 0 Å². The number of rotatable bonds is 4. The number of esters is 1. The molecule has 0 bridgehead atoms. The maximum Gasteiger partial charge on any atom is 0.308 e. The topological polar surface area (TPSA) is 35.5 Å². The molecule has 1 aromatic rings. The summed E-state index contributed by atoms with van der Waals surface area (Å²) in [5.41, 5.74) is 0. The predicted molar refractivity (Wildman–Crippen MR) is 66.9 cm³/mol. The SMILES string of the molecule is COC(=O)C1CCC(OCc2cccs2)CC1. The van der Waals surface area contributed by atoms with E-state index < -0.39 is 0 Å². The number of hydrogen-bond donors (Lipinski definition) is 0. The zero-order valence-electron chi connectivity index (χ0n) is 10.1. The maximum atomic E-state index is 11.4. The van der Waals surface area contributed by atoms with E-state index in [4.69, 9.17) is 9.47 Å². The first-order valence-corrected chi connectivity index (χ1v) is 6.89. The second-order valence-electron chi connectivity index (χ2n) is 4.39. The predicted octanol–water partition coefficient (Wildman–Crippen LogP) is 3.00. The molecule has 0 spiro atoms. The molecular formula is C13H18O3S. The lowest BCUT2D eigenvalue weighted by Gasteiger charge is -2.26. The molecule has 1 aliphatic rings. The van der Waals surface area contributed by atoms with Crippen LogP contribution in [0.1, 0.15) is 30.6 Å². The lowest BCUT2D eigenvalue weighted by Crippen LogP contribution is -2.26. The molecule has 2 rings (SSSR count). The highest BCUT2D eigenvalue weighted by Crippen LogP contribution is 2.27. The van der Waals surface area contributed by atoms with Crippen LogP contribution in [-0.2, 0) is 20.9 Å². The normalized spacial score (nSPS) is 24.5. The van der Waals surface area contributed by atoms with Crippen LogP contribution >= 0.6 is 11.3 Å². The molecule has 0 saturated heterocycles. The monoisotopic (exact) mass is 254 g/mol. The van der Waals surface area contributed by atoms with Crippen molar-refractivity contribution >= 4 is 17.3 Å². The first-order chi connectivity index (χ1) is 8.29. The molecule has 0 radical (unpaired) electrons. The van der Waals surface area contributed by atoms with Crippen molar-refractivity contribution in [3.8, 4) is 0 Å². The number of thiophene rings is 1. The molecule has 17 heavy (non-hydrogen) atoms. The highest BCUT2D eigenvalue weighted by Gasteiger charge is 2.27. The summed E-state index contributed by atoms with van der Waals surface area (Å²) in [4.78, 5) is 12.6. The molecule has 0 unspecified atom stereocenters. The van der Waals surface area contributed by atoms with Crippen molar-refractivity contribution in [2.45, 2.75) is 38.4 Å². The van der Waals surface area contributed by atoms with Crippen molar-refractivity contribution < 1.29 is 14.3 Å². The fourth-order valence-electron chi connectivity index (χ4n) is 2.23. The summed E-state index contributed by atoms with van der Waals surface area (Å²) in [6, 6.07) is 4.13. The Hall–Kier alpha value is -0.870. The molecule has 0 atom stereocenters. The van der Waals surface area contributed by atoms with Gasteiger partial charge < -0.3 is 9.47 Å². The number of carbonyl (C=O) groups is 1. The summed E-state index contributed by atoms with van der Waals surface area (Å²) < 4.78 is 10.6. The number of ether oxygens (including phenoxy) is 2. The third kappa shape index (κ3) is 3.54. The Kier molecular flexibility index (Phi) is 4.57. The van der Waals surface area contributed by atoms with Crippen molar-refractivity contribution in [2.24, 2.45) is 5.92 Å². The van der Waals surface area contributed by atoms with Gasteiger partial charge in [-0.1, -0.05) is 6.07 Å². The summed E-state index contributed by atoms with van der Waals surface area (Å²) in [6.45, 7) is 0.700. The van der Waals surface area contributed by atoms with Gasteiger partial charge in [-0.3, -0.25) is 4.79 Å². The number of methoxy groups -OCH3 is 1. The van der Waals surface area contributed by atoms with Crippen LogP contribution in [0.4, 0.5) is 0 Å². The van der Waals surface area contributed by atoms with Crippen molar-refractivity contribution in [1.29, 1.82) is 0 Å². The van der Waals surface area contributed by atoms with Gasteiger partial charge in [0.1, 0.15) is 0 Å². The minimum absolute atomic E-state index is 0.0679. The lowest BCUT2D eigenvalue weighted by molar-refractivity contribution is -0.147. The van der Waals surface area contributed by atoms with Crippen LogP contribution in [-0.4, -0.2) is 19.2 Å². The van der Waals surface area contributed by atoms with Crippen LogP contribution < -0.4 is 0 Å². The standard InChI is InChI=1S/C13H18O3S/c1-15-13(14)10-4-6-11(7-5-10)16-9-12-3-2-8-17-12/h2-3,8,10-11H,4-7,9H2,1H3. The van der Waals surface area contributed by atoms with Crippen LogP contribution in [0, 0.1) is 5.92 Å². The number of carbonyl (C=O) groups excluding carboxylic acids is 1. The molecule has 0 N–H and O–H groups in total. The first kappa shape index (κ1) is 12.6. The Morgan fingerprint density at radius 2 is 2.18 bits per heavy atom. The Balaban J connectivity index is 1.70. The van der Waals surface area contributed by atoms with E-state index in [-0.39, 0.29) is 11.9 Å². The van der Waals surface area contributed by atoms with Gasteiger partial charge in [0.2, 0.25) is 0 Å². The van der Waals surface area contributed by atoms with Gasteiger partial charge in [-0.05, 0) is 37.1 Å². The molecule has 0 aliphatic heterocycles. The van der Waals surface area contributed by atoms with E-state index in [0.717, 1.165) is 25.7 Å². The fourth-order valence-corrected chi connectivity index (χ4v) is 2.85. The van der Waals surface area contributed by atoms with Crippen molar-refractivity contribution in [2.75, 3.05) is 7.11 Å². The molecule has 1 saturated carbocycles. The van der Waals surface area contributed by atoms with Crippen LogP contribution in [0.25, 0.3) is 0 Å². The van der Waals surface area contributed by atoms with E-state index in [0.29, 0.717) is 12.7 Å². The van der Waals surface area contributed by atoms with Crippen LogP contribution in [0.5, 0.6) is 0 Å². The van der Waals surface area contributed by atoms with E-state index in [1.54, 1.807) is 11.3 Å². The Bertz CT molecular complexity index is 340. The van der Waals surface area contributed by atoms with E-state index in [1.165, 1.54) is 12.0 Å². The van der Waals surface area contributed by atoms with E-state index in [9.17, 15) is 4.79 Å². The van der Waals surface area contributed by atoms with Gasteiger partial charge in [0.15, 0.2) is 0 Å². The molecule has 1 heterocycles. The average molecular weight is 254 g/mol. The molecule has 4 heteroatoms. The molecular weight excluding hydrogens is 236 g/mol. The van der Waals surface area contributed by atoms with E-state index >= 15 is 0 Å². The summed E-state index contributed by atoms with van der Waals surface area (Å²) in [5.74, 6) is 0.0169. The van der Waals surface area contributed by atoms with Gasteiger partial charge in [-0.25, -0.2) is 0 Å². The third-order valence-corrected chi connectivity index (χ3v) is 4.10. The highest BCUT2D eigenvalue weighted by molar-refractivity contribution is 7.09. The van der Waals surface area contributed by atoms with Crippen molar-refractivity contribution in [3.63, 3.8) is 0 Å². The quantitative estimate of drug-likeness (QED) is 0.775. The van der Waals surface area contributed by atoms with Crippen LogP contribution in [0.3, 0.4) is 0 Å². The van der Waals surface area contributed by atoms with Gasteiger partial charge in [-0.15, -0.1) is 11.3 Å². The van der Waals surface area contributed by atoms with Gasteiger partial charge in [0.05, 0.1) is 25.7 Å². The summed E-state index contributed by atoms with van der Waals surface area (Å²) in [6.07, 6.45) is 4.01. The summed E-state index contributed by atoms with van der Waals surface area (Å²) in [5, 5.41) is 2.06. The molecule has 94 valence electrons. The minimum Gasteiger partial charge on any atom is -0.469 e. The Morgan fingerprint density at radius 1 is 1.41 bits per heavy atom. The Labute approximate surface area is 106 Å². The molecule has 3 nitrogen and oxygen atoms in total. The highest BCUT2D eigenvalue weighted by atomic mass is 32.1. The smallest absolute Gasteiger partial charge is 0.308 e. The largest absolute Gasteiger partial charge is 0.469 e. The van der Waals surface area contributed by atoms with Gasteiger partial charge in [-0.2, -0.15) is 0 Å². The molecule has 0 amide bonds. The average Bonchev–Trinajstić information content (AvgIpc) is 2.89. The maximum absolute atomic E-state index is 11.4. The van der Waals surface area contributed by atoms with Gasteiger partial charge in [0.25, 0.3) is 0 Å². The Morgan fingerprint density at radius 3 is 2.76 bits per heavy atom. The zero-order chi connectivity index (χ0) is 12.1. The molecule has 1 aromatic heterocycles. The van der Waals surface area contributed by atoms with E-state index in [2.05, 4.69) is 11.4 Å². The minimum atomic E-state index is -0.0679. The second-order valence-corrected chi connectivity index (χ2v) is 5.42. The summed E-state index contributed by atoms with van der Waals surface area (Å²) >= 11 is 1.72. The van der Waals surface area contributed by atoms with Crippen molar-refractivity contribution in [3.05, 3.63) is 22.4 Å². The zero-order valence-corrected chi connectivity index (χ0v) is 10.9. The van der Waals surface area contributed by atoms with Gasteiger partial charge in [0, 0.05) is 4.88 Å². The van der Waals surface area contributed by atoms with E-state index in [1.807, 2.05) is 6.07 Å². The molecule has 1 aliphatic carbocycles. The molecule has 0 aromatic carbocycles. The lowest BCUT2D eigenvalue weighted by atomic mass is 9.87. The summed E-state index contributed by atoms with van der Waals surface area (Å²) in [7, 11) is 1.46. The number of hydrogen-bond acceptors (Lipinski definition) is 4. The third-order valence-electron chi connectivity index (χ3n) is 3.25. The molecule has 1 fully saturated rings. The second kappa shape index (κ2) is 6.17. The van der Waals surface area contributed by atoms with Crippen molar-refractivity contribution in [1.82, 2.24) is 0 Å². The fraction of sp³-hybridized carbons (Fsp3) is 0.615. The van der Waals surface area contributed by atoms with Gasteiger partial charge >= 0.3 is 5.97 Å².